The third-order valence-electron chi connectivity index (χ3n) is 4.26. The summed E-state index contributed by atoms with van der Waals surface area (Å²) in [5.74, 6) is -1.25. The number of allylic oxidation sites excluding steroid dienone is 10. The number of unbranched alkanes of at least 4 members (excludes halogenated alkanes) is 1. The molecule has 0 spiro atoms. The molecule has 0 aliphatic carbocycles. The van der Waals surface area contributed by atoms with Crippen LogP contribution in [-0.4, -0.2) is 17.9 Å². The summed E-state index contributed by atoms with van der Waals surface area (Å²) in [4.78, 5) is 22.9. The molecular formula is C26H40NO3-. The quantitative estimate of drug-likeness (QED) is 0.263. The van der Waals surface area contributed by atoms with E-state index in [0.717, 1.165) is 38.5 Å². The molecule has 0 fully saturated rings. The zero-order valence-electron chi connectivity index (χ0n) is 19.0. The molecule has 0 aromatic heterocycles. The van der Waals surface area contributed by atoms with Crippen molar-refractivity contribution in [1.29, 1.82) is 0 Å². The second-order valence-electron chi connectivity index (χ2n) is 7.67. The lowest BCUT2D eigenvalue weighted by atomic mass is 10.0. The first-order valence-electron chi connectivity index (χ1n) is 11.2. The van der Waals surface area contributed by atoms with Crippen molar-refractivity contribution in [3.63, 3.8) is 0 Å². The van der Waals surface area contributed by atoms with E-state index in [4.69, 9.17) is 0 Å². The highest BCUT2D eigenvalue weighted by molar-refractivity contribution is 5.82. The Morgan fingerprint density at radius 2 is 1.27 bits per heavy atom. The van der Waals surface area contributed by atoms with Gasteiger partial charge in [-0.3, -0.25) is 4.79 Å². The molecule has 0 aromatic carbocycles. The first-order chi connectivity index (χ1) is 14.5. The van der Waals surface area contributed by atoms with Crippen molar-refractivity contribution >= 4 is 11.9 Å². The first-order valence-corrected chi connectivity index (χ1v) is 11.2. The summed E-state index contributed by atoms with van der Waals surface area (Å²) < 4.78 is 0. The van der Waals surface area contributed by atoms with E-state index in [1.807, 2.05) is 13.8 Å². The van der Waals surface area contributed by atoms with Crippen molar-refractivity contribution < 1.29 is 14.7 Å². The topological polar surface area (TPSA) is 69.2 Å². The third-order valence-corrected chi connectivity index (χ3v) is 4.26. The van der Waals surface area contributed by atoms with Gasteiger partial charge in [-0.1, -0.05) is 81.5 Å². The van der Waals surface area contributed by atoms with E-state index in [2.05, 4.69) is 73.0 Å². The molecule has 0 saturated carbocycles. The van der Waals surface area contributed by atoms with E-state index in [0.29, 0.717) is 19.3 Å². The minimum Gasteiger partial charge on any atom is -0.548 e. The van der Waals surface area contributed by atoms with Crippen LogP contribution in [0.1, 0.15) is 78.6 Å². The number of hydrogen-bond donors (Lipinski definition) is 1. The molecule has 168 valence electrons. The number of carboxylic acid groups (broad SMARTS) is 1. The van der Waals surface area contributed by atoms with Gasteiger partial charge in [-0.15, -0.1) is 0 Å². The summed E-state index contributed by atoms with van der Waals surface area (Å²) in [5.41, 5.74) is 0. The highest BCUT2D eigenvalue weighted by Gasteiger charge is 2.14. The molecule has 0 bridgehead atoms. The summed E-state index contributed by atoms with van der Waals surface area (Å²) in [6.45, 7) is 5.98. The Labute approximate surface area is 183 Å². The first kappa shape index (κ1) is 27.6. The zero-order valence-corrected chi connectivity index (χ0v) is 19.0. The summed E-state index contributed by atoms with van der Waals surface area (Å²) in [6, 6.07) is -0.897. The second-order valence-corrected chi connectivity index (χ2v) is 7.67. The largest absolute Gasteiger partial charge is 0.548 e. The zero-order chi connectivity index (χ0) is 22.5. The van der Waals surface area contributed by atoms with Crippen LogP contribution >= 0.6 is 0 Å². The van der Waals surface area contributed by atoms with Crippen molar-refractivity contribution in [1.82, 2.24) is 5.32 Å². The number of carbonyl (C=O) groups excluding carboxylic acids is 2. The maximum Gasteiger partial charge on any atom is 0.220 e. The molecule has 0 saturated heterocycles. The van der Waals surface area contributed by atoms with Crippen LogP contribution in [-0.2, 0) is 9.59 Å². The Bertz CT molecular complexity index is 597. The molecule has 4 heteroatoms. The fourth-order valence-electron chi connectivity index (χ4n) is 2.70. The van der Waals surface area contributed by atoms with Gasteiger partial charge in [-0.05, 0) is 57.3 Å². The number of nitrogens with one attached hydrogen (secondary N) is 1. The van der Waals surface area contributed by atoms with Gasteiger partial charge in [0.05, 0.1) is 12.0 Å². The van der Waals surface area contributed by atoms with Gasteiger partial charge >= 0.3 is 0 Å². The van der Waals surface area contributed by atoms with Gasteiger partial charge in [-0.2, -0.15) is 0 Å². The summed E-state index contributed by atoms with van der Waals surface area (Å²) in [7, 11) is 0. The average Bonchev–Trinajstić information content (AvgIpc) is 2.69. The molecule has 1 N–H and O–H groups in total. The molecule has 0 aliphatic rings. The van der Waals surface area contributed by atoms with Crippen LogP contribution in [0.4, 0.5) is 0 Å². The van der Waals surface area contributed by atoms with Crippen LogP contribution in [0.15, 0.2) is 60.8 Å². The molecule has 0 aromatic rings. The van der Waals surface area contributed by atoms with E-state index in [1.54, 1.807) is 0 Å². The lowest BCUT2D eigenvalue weighted by Crippen LogP contribution is -2.48. The standard InChI is InChI=1S/C26H41NO3/c1-4-5-6-7-8-9-10-11-12-13-14-15-16-17-18-19-20-21-25(28)27-24(26(29)30)22-23(2)3/h5-6,8-9,11-12,14-15,17-18,23-24H,4,7,10,13,16,19-22H2,1-3H3,(H,27,28)(H,29,30)/p-1/b6-5-,9-8-,12-11-,15-14-,18-17-/t24-/m0/s1. The van der Waals surface area contributed by atoms with E-state index in [-0.39, 0.29) is 11.8 Å². The Kier molecular flexibility index (Phi) is 18.4. The summed E-state index contributed by atoms with van der Waals surface area (Å²) in [5, 5.41) is 13.6. The second kappa shape index (κ2) is 19.9. The van der Waals surface area contributed by atoms with E-state index in [1.165, 1.54) is 0 Å². The summed E-state index contributed by atoms with van der Waals surface area (Å²) >= 11 is 0. The summed E-state index contributed by atoms with van der Waals surface area (Å²) in [6.07, 6.45) is 28.7. The lowest BCUT2D eigenvalue weighted by Gasteiger charge is -2.21. The average molecular weight is 415 g/mol. The fourth-order valence-corrected chi connectivity index (χ4v) is 2.70. The molecule has 0 rings (SSSR count). The predicted molar refractivity (Wildman–Crippen MR) is 125 cm³/mol. The van der Waals surface area contributed by atoms with Crippen LogP contribution < -0.4 is 10.4 Å². The predicted octanol–water partition coefficient (Wildman–Crippen LogP) is 5.19. The molecule has 0 unspecified atom stereocenters. The highest BCUT2D eigenvalue weighted by Crippen LogP contribution is 2.05. The van der Waals surface area contributed by atoms with E-state index in [9.17, 15) is 14.7 Å². The van der Waals surface area contributed by atoms with Crippen LogP contribution in [0.25, 0.3) is 0 Å². The maximum absolute atomic E-state index is 11.8. The fraction of sp³-hybridized carbons (Fsp3) is 0.538. The molecule has 4 nitrogen and oxygen atoms in total. The number of carboxylic acids is 1. The van der Waals surface area contributed by atoms with Gasteiger partial charge in [0.15, 0.2) is 0 Å². The number of amides is 1. The van der Waals surface area contributed by atoms with Crippen molar-refractivity contribution in [3.05, 3.63) is 60.8 Å². The smallest absolute Gasteiger partial charge is 0.220 e. The lowest BCUT2D eigenvalue weighted by molar-refractivity contribution is -0.308. The Morgan fingerprint density at radius 3 is 1.70 bits per heavy atom. The van der Waals surface area contributed by atoms with Gasteiger partial charge < -0.3 is 15.2 Å². The van der Waals surface area contributed by atoms with Crippen molar-refractivity contribution in [2.75, 3.05) is 0 Å². The molecule has 1 atom stereocenters. The van der Waals surface area contributed by atoms with Gasteiger partial charge in [-0.25, -0.2) is 0 Å². The molecule has 0 heterocycles. The number of aliphatic carboxylic acids is 1. The van der Waals surface area contributed by atoms with Gasteiger partial charge in [0.25, 0.3) is 0 Å². The third kappa shape index (κ3) is 19.0. The van der Waals surface area contributed by atoms with Crippen LogP contribution in [0, 0.1) is 5.92 Å². The van der Waals surface area contributed by atoms with E-state index >= 15 is 0 Å². The number of hydrogen-bond acceptors (Lipinski definition) is 3. The SMILES string of the molecule is CC/C=C\C/C=C\C/C=C\C/C=C\C/C=C\CCCC(=O)N[C@@H](CC(C)C)C(=O)[O-]. The van der Waals surface area contributed by atoms with Crippen molar-refractivity contribution in [2.45, 2.75) is 84.6 Å². The Balaban J connectivity index is 3.76. The Morgan fingerprint density at radius 1 is 0.800 bits per heavy atom. The minimum absolute atomic E-state index is 0.189. The molecule has 30 heavy (non-hydrogen) atoms. The van der Waals surface area contributed by atoms with Crippen molar-refractivity contribution in [2.24, 2.45) is 5.92 Å². The molecule has 0 radical (unpaired) electrons. The number of carbonyl (C=O) groups is 2. The van der Waals surface area contributed by atoms with Crippen LogP contribution in [0.2, 0.25) is 0 Å². The van der Waals surface area contributed by atoms with Crippen molar-refractivity contribution in [3.8, 4) is 0 Å². The van der Waals surface area contributed by atoms with E-state index < -0.39 is 12.0 Å². The van der Waals surface area contributed by atoms with Crippen LogP contribution in [0.3, 0.4) is 0 Å². The van der Waals surface area contributed by atoms with Gasteiger partial charge in [0.1, 0.15) is 0 Å². The highest BCUT2D eigenvalue weighted by atomic mass is 16.4. The number of rotatable bonds is 17. The van der Waals surface area contributed by atoms with Crippen LogP contribution in [0.5, 0.6) is 0 Å². The molecular weight excluding hydrogens is 374 g/mol. The van der Waals surface area contributed by atoms with Gasteiger partial charge in [0.2, 0.25) is 5.91 Å². The maximum atomic E-state index is 11.8. The monoisotopic (exact) mass is 414 g/mol. The molecule has 1 amide bonds. The molecule has 0 aliphatic heterocycles. The normalized spacial score (nSPS) is 13.6. The Hall–Kier alpha value is -2.36. The minimum atomic E-state index is -1.21. The van der Waals surface area contributed by atoms with Gasteiger partial charge in [0, 0.05) is 6.42 Å².